The van der Waals surface area contributed by atoms with Crippen molar-refractivity contribution in [1.82, 2.24) is 0 Å². The number of aliphatic hydroxyl groups excluding tert-OH is 2. The summed E-state index contributed by atoms with van der Waals surface area (Å²) in [6.45, 7) is 13.2. The standard InChI is InChI=1S/C8H18O.C2H4O2.C2H6O2/c1-7(2,3)9-8(4,5)6;1-2(3)4;3-1-2-4/h1-6H3;1H3,(H,3,4);3-4H,1-2H2. The molecule has 0 aromatic carbocycles. The predicted molar refractivity (Wildman–Crippen MR) is 68.1 cm³/mol. The summed E-state index contributed by atoms with van der Waals surface area (Å²) in [7, 11) is 0. The highest BCUT2D eigenvalue weighted by atomic mass is 16.5. The number of ether oxygens (including phenoxy) is 1. The van der Waals surface area contributed by atoms with Crippen molar-refractivity contribution in [3.63, 3.8) is 0 Å². The van der Waals surface area contributed by atoms with Crippen molar-refractivity contribution in [2.24, 2.45) is 0 Å². The number of rotatable bonds is 1. The van der Waals surface area contributed by atoms with Gasteiger partial charge in [0.15, 0.2) is 0 Å². The fourth-order valence-electron chi connectivity index (χ4n) is 0.919. The Bertz CT molecular complexity index is 158. The summed E-state index contributed by atoms with van der Waals surface area (Å²) in [5.74, 6) is -0.833. The molecule has 0 radical (unpaired) electrons. The van der Waals surface area contributed by atoms with Crippen LogP contribution < -0.4 is 0 Å². The molecular weight excluding hydrogens is 224 g/mol. The first-order valence-corrected chi connectivity index (χ1v) is 5.47. The minimum absolute atomic E-state index is 0.0156. The maximum atomic E-state index is 9.00. The van der Waals surface area contributed by atoms with E-state index in [1.807, 2.05) is 0 Å². The van der Waals surface area contributed by atoms with Crippen molar-refractivity contribution in [3.05, 3.63) is 0 Å². The molecule has 5 nitrogen and oxygen atoms in total. The lowest BCUT2D eigenvalue weighted by atomic mass is 10.1. The van der Waals surface area contributed by atoms with Crippen LogP contribution in [-0.4, -0.2) is 45.7 Å². The van der Waals surface area contributed by atoms with Gasteiger partial charge in [-0.3, -0.25) is 4.79 Å². The van der Waals surface area contributed by atoms with Gasteiger partial charge in [-0.2, -0.15) is 0 Å². The molecule has 0 atom stereocenters. The van der Waals surface area contributed by atoms with Gasteiger partial charge in [-0.15, -0.1) is 0 Å². The van der Waals surface area contributed by atoms with E-state index in [-0.39, 0.29) is 24.4 Å². The molecule has 0 aliphatic rings. The number of carboxylic acid groups (broad SMARTS) is 1. The minimum atomic E-state index is -0.833. The molecule has 106 valence electrons. The van der Waals surface area contributed by atoms with E-state index in [2.05, 4.69) is 41.5 Å². The summed E-state index contributed by atoms with van der Waals surface area (Å²) in [5.41, 5.74) is -0.0312. The number of carbonyl (C=O) groups is 1. The summed E-state index contributed by atoms with van der Waals surface area (Å²) in [6.07, 6.45) is 0. The van der Waals surface area contributed by atoms with Crippen LogP contribution in [0.25, 0.3) is 0 Å². The second kappa shape index (κ2) is 10.5. The van der Waals surface area contributed by atoms with E-state index in [9.17, 15) is 0 Å². The fourth-order valence-corrected chi connectivity index (χ4v) is 0.919. The molecule has 0 aliphatic carbocycles. The third-order valence-corrected chi connectivity index (χ3v) is 0.712. The largest absolute Gasteiger partial charge is 0.481 e. The van der Waals surface area contributed by atoms with Crippen LogP contribution in [0, 0.1) is 0 Å². The summed E-state index contributed by atoms with van der Waals surface area (Å²) in [6, 6.07) is 0. The molecule has 17 heavy (non-hydrogen) atoms. The SMILES string of the molecule is CC(=O)O.CC(C)(C)OC(C)(C)C.OCCO. The molecule has 0 spiro atoms. The molecule has 0 saturated heterocycles. The molecule has 0 rings (SSSR count). The zero-order valence-corrected chi connectivity index (χ0v) is 12.1. The molecule has 0 heterocycles. The van der Waals surface area contributed by atoms with Gasteiger partial charge in [0.1, 0.15) is 0 Å². The number of hydrogen-bond donors (Lipinski definition) is 3. The van der Waals surface area contributed by atoms with E-state index >= 15 is 0 Å². The lowest BCUT2D eigenvalue weighted by molar-refractivity contribution is -0.134. The normalized spacial score (nSPS) is 10.6. The second-order valence-electron chi connectivity index (χ2n) is 5.29. The lowest BCUT2D eigenvalue weighted by Crippen LogP contribution is -2.31. The van der Waals surface area contributed by atoms with Gasteiger partial charge in [0.05, 0.1) is 24.4 Å². The Morgan fingerprint density at radius 1 is 0.941 bits per heavy atom. The topological polar surface area (TPSA) is 87.0 Å². The van der Waals surface area contributed by atoms with Gasteiger partial charge >= 0.3 is 0 Å². The Kier molecular flexibility index (Phi) is 13.4. The summed E-state index contributed by atoms with van der Waals surface area (Å²) in [4.78, 5) is 9.00. The Morgan fingerprint density at radius 3 is 1.12 bits per heavy atom. The van der Waals surface area contributed by atoms with Gasteiger partial charge in [-0.1, -0.05) is 0 Å². The van der Waals surface area contributed by atoms with Gasteiger partial charge in [0, 0.05) is 6.92 Å². The number of carboxylic acids is 1. The van der Waals surface area contributed by atoms with E-state index in [0.717, 1.165) is 6.92 Å². The fraction of sp³-hybridized carbons (Fsp3) is 0.917. The molecule has 0 aromatic heterocycles. The third-order valence-electron chi connectivity index (χ3n) is 0.712. The Hall–Kier alpha value is -0.650. The third kappa shape index (κ3) is 67.8. The highest BCUT2D eigenvalue weighted by Gasteiger charge is 2.19. The van der Waals surface area contributed by atoms with Gasteiger partial charge in [-0.05, 0) is 41.5 Å². The van der Waals surface area contributed by atoms with E-state index in [1.54, 1.807) is 0 Å². The van der Waals surface area contributed by atoms with Crippen LogP contribution in [0.1, 0.15) is 48.5 Å². The molecule has 0 fully saturated rings. The van der Waals surface area contributed by atoms with Gasteiger partial charge in [-0.25, -0.2) is 0 Å². The van der Waals surface area contributed by atoms with Crippen molar-refractivity contribution in [3.8, 4) is 0 Å². The predicted octanol–water partition coefficient (Wildman–Crippen LogP) is 1.66. The molecule has 0 aromatic rings. The molecular formula is C12H28O5. The van der Waals surface area contributed by atoms with Crippen LogP contribution >= 0.6 is 0 Å². The van der Waals surface area contributed by atoms with E-state index < -0.39 is 5.97 Å². The van der Waals surface area contributed by atoms with Gasteiger partial charge in [0.2, 0.25) is 0 Å². The van der Waals surface area contributed by atoms with Gasteiger partial charge < -0.3 is 20.1 Å². The summed E-state index contributed by atoms with van der Waals surface area (Å²) >= 11 is 0. The van der Waals surface area contributed by atoms with Crippen LogP contribution in [0.2, 0.25) is 0 Å². The van der Waals surface area contributed by atoms with Crippen molar-refractivity contribution in [2.45, 2.75) is 59.7 Å². The second-order valence-corrected chi connectivity index (χ2v) is 5.29. The average molecular weight is 252 g/mol. The Balaban J connectivity index is -0.000000205. The van der Waals surface area contributed by atoms with Crippen molar-refractivity contribution in [2.75, 3.05) is 13.2 Å². The number of hydrogen-bond acceptors (Lipinski definition) is 4. The van der Waals surface area contributed by atoms with Crippen molar-refractivity contribution in [1.29, 1.82) is 0 Å². The Morgan fingerprint density at radius 2 is 1.12 bits per heavy atom. The van der Waals surface area contributed by atoms with Crippen LogP contribution in [0.5, 0.6) is 0 Å². The smallest absolute Gasteiger partial charge is 0.300 e. The minimum Gasteiger partial charge on any atom is -0.481 e. The van der Waals surface area contributed by atoms with Crippen LogP contribution in [0.15, 0.2) is 0 Å². The first kappa shape index (κ1) is 21.6. The van der Waals surface area contributed by atoms with Crippen LogP contribution in [-0.2, 0) is 9.53 Å². The van der Waals surface area contributed by atoms with Crippen LogP contribution in [0.4, 0.5) is 0 Å². The first-order valence-electron chi connectivity index (χ1n) is 5.47. The summed E-state index contributed by atoms with van der Waals surface area (Å²) < 4.78 is 5.62. The first-order chi connectivity index (χ1) is 7.35. The van der Waals surface area contributed by atoms with Crippen molar-refractivity contribution >= 4 is 5.97 Å². The molecule has 0 aliphatic heterocycles. The maximum Gasteiger partial charge on any atom is 0.300 e. The molecule has 0 bridgehead atoms. The zero-order chi connectivity index (χ0) is 14.7. The van der Waals surface area contributed by atoms with E-state index in [4.69, 9.17) is 24.9 Å². The highest BCUT2D eigenvalue weighted by Crippen LogP contribution is 2.17. The molecule has 5 heteroatoms. The monoisotopic (exact) mass is 252 g/mol. The number of aliphatic hydroxyl groups is 2. The average Bonchev–Trinajstić information content (AvgIpc) is 1.96. The molecule has 3 N–H and O–H groups in total. The maximum absolute atomic E-state index is 9.00. The summed E-state index contributed by atoms with van der Waals surface area (Å²) in [5, 5.41) is 22.7. The Labute approximate surface area is 104 Å². The number of aliphatic carboxylic acids is 1. The molecule has 0 amide bonds. The highest BCUT2D eigenvalue weighted by molar-refractivity contribution is 5.62. The van der Waals surface area contributed by atoms with Crippen LogP contribution in [0.3, 0.4) is 0 Å². The van der Waals surface area contributed by atoms with E-state index in [0.29, 0.717) is 0 Å². The zero-order valence-electron chi connectivity index (χ0n) is 12.1. The van der Waals surface area contributed by atoms with E-state index in [1.165, 1.54) is 0 Å². The molecule has 0 saturated carbocycles. The van der Waals surface area contributed by atoms with Gasteiger partial charge in [0.25, 0.3) is 5.97 Å². The molecule has 0 unspecified atom stereocenters. The van der Waals surface area contributed by atoms with Crippen molar-refractivity contribution < 1.29 is 24.9 Å². The lowest BCUT2D eigenvalue weighted by Gasteiger charge is -2.30. The quantitative estimate of drug-likeness (QED) is 0.660.